The highest BCUT2D eigenvalue weighted by atomic mass is 16.5. The number of morpholine rings is 1. The number of likely N-dealkylation sites (tertiary alicyclic amines) is 1. The first-order valence-corrected chi connectivity index (χ1v) is 29.9. The van der Waals surface area contributed by atoms with Crippen molar-refractivity contribution >= 4 is 0 Å². The van der Waals surface area contributed by atoms with Crippen molar-refractivity contribution < 1.29 is 33.7 Å². The molecule has 0 amide bonds. The van der Waals surface area contributed by atoms with Gasteiger partial charge in [0.15, 0.2) is 5.88 Å². The van der Waals surface area contributed by atoms with Crippen LogP contribution in [-0.4, -0.2) is 171 Å². The Labute approximate surface area is 466 Å². The Balaban J connectivity index is 0.000000316. The molecule has 2 aliphatic carbocycles. The van der Waals surface area contributed by atoms with Gasteiger partial charge in [0.05, 0.1) is 48.5 Å². The third kappa shape index (κ3) is 31.6. The predicted octanol–water partition coefficient (Wildman–Crippen LogP) is 9.50. The molecule has 0 bridgehead atoms. The van der Waals surface area contributed by atoms with Crippen LogP contribution in [0.2, 0.25) is 0 Å². The lowest BCUT2D eigenvalue weighted by molar-refractivity contribution is -0.0258. The smallest absolute Gasteiger partial charge is 0.190 e. The van der Waals surface area contributed by atoms with E-state index in [2.05, 4.69) is 158 Å². The number of piperidine rings is 1. The first-order chi connectivity index (χ1) is 35.6. The molecule has 6 fully saturated rings. The number of piperazine rings is 2. The summed E-state index contributed by atoms with van der Waals surface area (Å²) in [5.41, 5.74) is 3.78. The maximum absolute atomic E-state index is 9.13. The van der Waals surface area contributed by atoms with E-state index < -0.39 is 0 Å². The summed E-state index contributed by atoms with van der Waals surface area (Å²) in [6.45, 7) is 59.1. The van der Waals surface area contributed by atoms with Crippen LogP contribution < -0.4 is 21.3 Å². The Hall–Kier alpha value is -2.15. The summed E-state index contributed by atoms with van der Waals surface area (Å²) in [7, 11) is 0. The summed E-state index contributed by atoms with van der Waals surface area (Å²) in [6, 6.07) is 0.576. The van der Waals surface area contributed by atoms with Crippen molar-refractivity contribution in [3.05, 3.63) is 40.9 Å². The number of aryl methyl sites for hydroxylation is 2. The molecule has 6 heterocycles. The normalized spacial score (nSPS) is 22.7. The van der Waals surface area contributed by atoms with Crippen molar-refractivity contribution in [2.45, 2.75) is 205 Å². The molecule has 3 unspecified atom stereocenters. The second kappa shape index (κ2) is 36.3. The summed E-state index contributed by atoms with van der Waals surface area (Å²) in [5, 5.41) is 35.6. The first kappa shape index (κ1) is 70.0. The number of rotatable bonds is 12. The molecular formula is C61H120N8O7. The molecule has 76 heavy (non-hydrogen) atoms. The molecule has 446 valence electrons. The van der Waals surface area contributed by atoms with Crippen molar-refractivity contribution in [2.24, 2.45) is 35.5 Å². The number of aliphatic hydroxyl groups excluding tert-OH is 2. The number of hydrogen-bond acceptors (Lipinski definition) is 15. The minimum atomic E-state index is -0.0119. The Morgan fingerprint density at radius 3 is 1.62 bits per heavy atom. The van der Waals surface area contributed by atoms with Gasteiger partial charge in [0.1, 0.15) is 11.5 Å². The third-order valence-corrected chi connectivity index (χ3v) is 13.8. The maximum Gasteiger partial charge on any atom is 0.190 e. The zero-order chi connectivity index (χ0) is 57.1. The summed E-state index contributed by atoms with van der Waals surface area (Å²) in [5.74, 6) is 6.48. The number of aromatic nitrogens is 1. The molecule has 3 atom stereocenters. The largest absolute Gasteiger partial charge is 0.444 e. The van der Waals surface area contributed by atoms with E-state index in [0.717, 1.165) is 166 Å². The van der Waals surface area contributed by atoms with E-state index in [0.29, 0.717) is 29.9 Å². The summed E-state index contributed by atoms with van der Waals surface area (Å²) in [6.07, 6.45) is 8.70. The minimum absolute atomic E-state index is 0.0119. The average Bonchev–Trinajstić information content (AvgIpc) is 3.87. The van der Waals surface area contributed by atoms with Gasteiger partial charge < -0.3 is 55.0 Å². The monoisotopic (exact) mass is 1080 g/mol. The molecule has 15 nitrogen and oxygen atoms in total. The van der Waals surface area contributed by atoms with Crippen molar-refractivity contribution in [3.8, 4) is 0 Å². The van der Waals surface area contributed by atoms with Gasteiger partial charge in [-0.3, -0.25) is 14.7 Å². The number of aliphatic hydroxyl groups is 2. The molecule has 8 rings (SSSR count). The predicted molar refractivity (Wildman–Crippen MR) is 315 cm³/mol. The molecule has 1 aromatic heterocycles. The molecule has 1 aromatic rings. The van der Waals surface area contributed by atoms with Crippen molar-refractivity contribution in [2.75, 3.05) is 112 Å². The molecular weight excluding hydrogens is 957 g/mol. The van der Waals surface area contributed by atoms with Crippen molar-refractivity contribution in [1.82, 2.24) is 41.1 Å². The van der Waals surface area contributed by atoms with Crippen molar-refractivity contribution in [1.29, 1.82) is 0 Å². The lowest BCUT2D eigenvalue weighted by Gasteiger charge is -2.42. The van der Waals surface area contributed by atoms with Crippen LogP contribution in [-0.2, 0) is 25.5 Å². The van der Waals surface area contributed by atoms with E-state index in [9.17, 15) is 0 Å². The summed E-state index contributed by atoms with van der Waals surface area (Å²) >= 11 is 0. The highest BCUT2D eigenvalue weighted by molar-refractivity contribution is 5.21. The summed E-state index contributed by atoms with van der Waals surface area (Å²) < 4.78 is 27.8. The minimum Gasteiger partial charge on any atom is -0.444 e. The lowest BCUT2D eigenvalue weighted by Crippen LogP contribution is -2.47. The van der Waals surface area contributed by atoms with Crippen LogP contribution in [0.4, 0.5) is 0 Å². The van der Waals surface area contributed by atoms with E-state index in [1.54, 1.807) is 0 Å². The molecule has 6 N–H and O–H groups in total. The number of hydrogen-bond donors (Lipinski definition) is 6. The summed E-state index contributed by atoms with van der Waals surface area (Å²) in [4.78, 5) is 7.34. The number of nitrogens with zero attached hydrogens (tertiary/aromatic N) is 4. The Bertz CT molecular complexity index is 1650. The van der Waals surface area contributed by atoms with Crippen LogP contribution in [0.5, 0.6) is 0 Å². The quantitative estimate of drug-likeness (QED) is 0.117. The molecule has 0 aromatic carbocycles. The zero-order valence-corrected chi connectivity index (χ0v) is 52.2. The van der Waals surface area contributed by atoms with Gasteiger partial charge in [-0.25, -0.2) is 0 Å². The van der Waals surface area contributed by atoms with Gasteiger partial charge in [-0.1, -0.05) is 53.6 Å². The molecule has 15 heteroatoms. The average molecular weight is 1080 g/mol. The second-order valence-electron chi connectivity index (χ2n) is 26.4. The maximum atomic E-state index is 9.13. The van der Waals surface area contributed by atoms with Gasteiger partial charge >= 0.3 is 0 Å². The van der Waals surface area contributed by atoms with Gasteiger partial charge in [-0.2, -0.15) is 0 Å². The van der Waals surface area contributed by atoms with Gasteiger partial charge in [-0.05, 0) is 164 Å². The molecule has 2 saturated carbocycles. The fraction of sp³-hybridized carbons (Fsp3) is 0.885. The van der Waals surface area contributed by atoms with Crippen LogP contribution in [0, 0.1) is 49.4 Å². The lowest BCUT2D eigenvalue weighted by atomic mass is 9.84. The van der Waals surface area contributed by atoms with Gasteiger partial charge in [0, 0.05) is 115 Å². The van der Waals surface area contributed by atoms with Gasteiger partial charge in [0.25, 0.3) is 0 Å². The van der Waals surface area contributed by atoms with E-state index >= 15 is 0 Å². The van der Waals surface area contributed by atoms with Crippen molar-refractivity contribution in [3.63, 3.8) is 0 Å². The van der Waals surface area contributed by atoms with Crippen LogP contribution >= 0.6 is 0 Å². The van der Waals surface area contributed by atoms with Crippen LogP contribution in [0.25, 0.3) is 0 Å². The number of allylic oxidation sites excluding steroid dienone is 1. The van der Waals surface area contributed by atoms with Crippen LogP contribution in [0.1, 0.15) is 173 Å². The van der Waals surface area contributed by atoms with Crippen LogP contribution in [0.15, 0.2) is 28.4 Å². The highest BCUT2D eigenvalue weighted by Crippen LogP contribution is 2.32. The Morgan fingerprint density at radius 1 is 0.697 bits per heavy atom. The topological polar surface area (TPSA) is 161 Å². The molecule has 0 spiro atoms. The Kier molecular flexibility index (Phi) is 33.4. The highest BCUT2D eigenvalue weighted by Gasteiger charge is 2.37. The molecule has 4 saturated heterocycles. The first-order valence-electron chi connectivity index (χ1n) is 29.9. The third-order valence-electron chi connectivity index (χ3n) is 13.8. The molecule has 7 aliphatic rings. The SMILES string of the molecule is C=C1NC(CN2CCNCC2)=C(CC)O1.CC(C)(C)N1CCC(C(CO)CO)CC1.CC(C)(C)OCC1CC1.CC(C)(C)OCC1CC2NCCOC2C1.CC(C)C.CC(C)C.Cc1noc(C)c1CN1CCNCC1. The van der Waals surface area contributed by atoms with E-state index in [1.165, 1.54) is 30.5 Å². The van der Waals surface area contributed by atoms with Gasteiger partial charge in [-0.15, -0.1) is 0 Å². The molecule has 5 aliphatic heterocycles. The number of ether oxygens (including phenoxy) is 4. The zero-order valence-electron chi connectivity index (χ0n) is 52.2. The fourth-order valence-corrected chi connectivity index (χ4v) is 9.31. The van der Waals surface area contributed by atoms with E-state index in [4.69, 9.17) is 33.7 Å². The Morgan fingerprint density at radius 2 is 1.20 bits per heavy atom. The van der Waals surface area contributed by atoms with E-state index in [-0.39, 0.29) is 35.9 Å². The molecule has 0 radical (unpaired) electrons. The standard InChI is InChI=1S/C12H23NO2.C12H25NO2.C11H19N3O.C10H17N3O.C8H16O.2C4H10/c1-12(2,3)15-8-9-6-10-11(7-9)14-5-4-13-10;1-12(2,3)13-6-4-10(5-7-13)11(8-14)9-15;1-3-11-10(13-9(2)15-11)8-14-6-4-12-5-7-14;1-8-10(9(2)14-12-8)7-13-5-3-11-4-6-13;1-8(2,3)9-6-7-4-5-7;2*1-4(2)3/h9-11,13H,4-8H2,1-3H3;10-11,14-15H,4-9H2,1-3H3;12-13H,2-8H2,1H3;11H,3-7H2,1-2H3;7H,4-6H2,1-3H3;2*4H,1-3H3. The fourth-order valence-electron chi connectivity index (χ4n) is 9.31. The second-order valence-corrected chi connectivity index (χ2v) is 26.4. The van der Waals surface area contributed by atoms with Gasteiger partial charge in [0.2, 0.25) is 0 Å². The van der Waals surface area contributed by atoms with E-state index in [1.807, 2.05) is 13.8 Å². The number of fused-ring (bicyclic) bond motifs is 1. The number of nitrogens with one attached hydrogen (secondary N) is 4. The van der Waals surface area contributed by atoms with Crippen LogP contribution in [0.3, 0.4) is 0 Å².